The van der Waals surface area contributed by atoms with Gasteiger partial charge in [0.05, 0.1) is 6.54 Å². The number of carbonyl (C=O) groups is 1. The summed E-state index contributed by atoms with van der Waals surface area (Å²) in [5.74, 6) is -0.0709. The largest absolute Gasteiger partial charge is 0.372 e. The molecule has 0 heterocycles. The number of rotatable bonds is 7. The van der Waals surface area contributed by atoms with Crippen molar-refractivity contribution in [3.63, 3.8) is 0 Å². The van der Waals surface area contributed by atoms with Gasteiger partial charge in [0.2, 0.25) is 0 Å². The summed E-state index contributed by atoms with van der Waals surface area (Å²) in [7, 11) is 1.69. The number of ether oxygens (including phenoxy) is 1. The summed E-state index contributed by atoms with van der Waals surface area (Å²) in [4.78, 5) is 12.4. The molecule has 0 saturated heterocycles. The van der Waals surface area contributed by atoms with Crippen LogP contribution in [0, 0.1) is 0 Å². The highest BCUT2D eigenvalue weighted by Crippen LogP contribution is 2.28. The SMILES string of the molecule is CCc1ccc(C(=O)NCC(CC)(OC)c2ccccc2)cc1. The van der Waals surface area contributed by atoms with E-state index >= 15 is 0 Å². The van der Waals surface area contributed by atoms with E-state index in [2.05, 4.69) is 19.2 Å². The molecule has 2 rings (SSSR count). The number of carbonyl (C=O) groups excluding carboxylic acids is 1. The minimum absolute atomic E-state index is 0.0709. The molecule has 0 fully saturated rings. The van der Waals surface area contributed by atoms with E-state index in [0.717, 1.165) is 18.4 Å². The maximum atomic E-state index is 12.4. The Balaban J connectivity index is 2.10. The molecule has 0 radical (unpaired) electrons. The Morgan fingerprint density at radius 3 is 2.22 bits per heavy atom. The number of methoxy groups -OCH3 is 1. The van der Waals surface area contributed by atoms with Gasteiger partial charge in [-0.1, -0.05) is 56.3 Å². The van der Waals surface area contributed by atoms with Crippen LogP contribution >= 0.6 is 0 Å². The van der Waals surface area contributed by atoms with Gasteiger partial charge in [-0.2, -0.15) is 0 Å². The third-order valence-corrected chi connectivity index (χ3v) is 4.42. The summed E-state index contributed by atoms with van der Waals surface area (Å²) >= 11 is 0. The van der Waals surface area contributed by atoms with Crippen LogP contribution in [0.2, 0.25) is 0 Å². The van der Waals surface area contributed by atoms with E-state index in [0.29, 0.717) is 12.1 Å². The van der Waals surface area contributed by atoms with E-state index in [1.54, 1.807) is 7.11 Å². The fraction of sp³-hybridized carbons (Fsp3) is 0.350. The molecule has 0 spiro atoms. The Hall–Kier alpha value is -2.13. The van der Waals surface area contributed by atoms with E-state index in [1.807, 2.05) is 54.6 Å². The standard InChI is InChI=1S/C20H25NO2/c1-4-16-11-13-17(14-12-16)19(22)21-15-20(5-2,23-3)18-9-7-6-8-10-18/h6-14H,4-5,15H2,1-3H3,(H,21,22). The lowest BCUT2D eigenvalue weighted by Crippen LogP contribution is -2.41. The van der Waals surface area contributed by atoms with E-state index in [9.17, 15) is 4.79 Å². The topological polar surface area (TPSA) is 38.3 Å². The average molecular weight is 311 g/mol. The van der Waals surface area contributed by atoms with Crippen LogP contribution in [0.15, 0.2) is 54.6 Å². The second-order valence-corrected chi connectivity index (χ2v) is 5.65. The molecule has 2 aromatic carbocycles. The highest BCUT2D eigenvalue weighted by molar-refractivity contribution is 5.94. The van der Waals surface area contributed by atoms with Gasteiger partial charge in [-0.3, -0.25) is 4.79 Å². The van der Waals surface area contributed by atoms with Crippen molar-refractivity contribution >= 4 is 5.91 Å². The van der Waals surface area contributed by atoms with E-state index < -0.39 is 5.60 Å². The molecule has 1 unspecified atom stereocenters. The minimum atomic E-state index is -0.500. The number of nitrogens with one attached hydrogen (secondary N) is 1. The number of amides is 1. The molecule has 1 N–H and O–H groups in total. The Morgan fingerprint density at radius 2 is 1.70 bits per heavy atom. The smallest absolute Gasteiger partial charge is 0.251 e. The van der Waals surface area contributed by atoms with Gasteiger partial charge in [0, 0.05) is 12.7 Å². The summed E-state index contributed by atoms with van der Waals surface area (Å²) in [6.45, 7) is 4.61. The summed E-state index contributed by atoms with van der Waals surface area (Å²) < 4.78 is 5.78. The van der Waals surface area contributed by atoms with Gasteiger partial charge in [-0.05, 0) is 36.1 Å². The zero-order valence-electron chi connectivity index (χ0n) is 14.1. The van der Waals surface area contributed by atoms with Crippen LogP contribution in [0.4, 0.5) is 0 Å². The predicted octanol–water partition coefficient (Wildman–Crippen LogP) is 3.93. The number of benzene rings is 2. The normalized spacial score (nSPS) is 13.3. The van der Waals surface area contributed by atoms with Gasteiger partial charge < -0.3 is 10.1 Å². The molecule has 3 heteroatoms. The Bertz CT molecular complexity index is 616. The lowest BCUT2D eigenvalue weighted by Gasteiger charge is -2.32. The maximum Gasteiger partial charge on any atom is 0.251 e. The molecule has 0 aliphatic carbocycles. The molecule has 1 amide bonds. The number of aryl methyl sites for hydroxylation is 1. The minimum Gasteiger partial charge on any atom is -0.372 e. The zero-order chi connectivity index (χ0) is 16.7. The summed E-state index contributed by atoms with van der Waals surface area (Å²) in [6, 6.07) is 17.8. The Labute approximate surface area is 138 Å². The van der Waals surface area contributed by atoms with Crippen LogP contribution in [-0.4, -0.2) is 19.6 Å². The molecule has 0 aliphatic rings. The highest BCUT2D eigenvalue weighted by Gasteiger charge is 2.30. The molecular weight excluding hydrogens is 286 g/mol. The molecule has 1 atom stereocenters. The van der Waals surface area contributed by atoms with Gasteiger partial charge in [-0.15, -0.1) is 0 Å². The van der Waals surface area contributed by atoms with Gasteiger partial charge in [0.15, 0.2) is 0 Å². The van der Waals surface area contributed by atoms with Crippen LogP contribution in [0.3, 0.4) is 0 Å². The van der Waals surface area contributed by atoms with Crippen LogP contribution in [-0.2, 0) is 16.8 Å². The highest BCUT2D eigenvalue weighted by atomic mass is 16.5. The van der Waals surface area contributed by atoms with Crippen LogP contribution in [0.5, 0.6) is 0 Å². The third-order valence-electron chi connectivity index (χ3n) is 4.42. The molecule has 3 nitrogen and oxygen atoms in total. The van der Waals surface area contributed by atoms with E-state index in [-0.39, 0.29) is 5.91 Å². The Morgan fingerprint density at radius 1 is 1.04 bits per heavy atom. The average Bonchev–Trinajstić information content (AvgIpc) is 2.63. The van der Waals surface area contributed by atoms with Crippen molar-refractivity contribution in [1.29, 1.82) is 0 Å². The van der Waals surface area contributed by atoms with Gasteiger partial charge >= 0.3 is 0 Å². The molecule has 0 aliphatic heterocycles. The first-order chi connectivity index (χ1) is 11.1. The summed E-state index contributed by atoms with van der Waals surface area (Å²) in [5, 5.41) is 3.01. The molecular formula is C20H25NO2. The van der Waals surface area contributed by atoms with E-state index in [4.69, 9.17) is 4.74 Å². The first-order valence-electron chi connectivity index (χ1n) is 8.13. The Kier molecular flexibility index (Phi) is 5.94. The molecule has 2 aromatic rings. The number of hydrogen-bond donors (Lipinski definition) is 1. The fourth-order valence-corrected chi connectivity index (χ4v) is 2.72. The van der Waals surface area contributed by atoms with Gasteiger partial charge in [0.1, 0.15) is 5.60 Å². The maximum absolute atomic E-state index is 12.4. The monoisotopic (exact) mass is 311 g/mol. The molecule has 0 bridgehead atoms. The molecule has 0 saturated carbocycles. The third kappa shape index (κ3) is 3.99. The predicted molar refractivity (Wildman–Crippen MR) is 93.6 cm³/mol. The second-order valence-electron chi connectivity index (χ2n) is 5.65. The summed E-state index contributed by atoms with van der Waals surface area (Å²) in [6.07, 6.45) is 1.75. The molecule has 23 heavy (non-hydrogen) atoms. The quantitative estimate of drug-likeness (QED) is 0.841. The van der Waals surface area contributed by atoms with Crippen molar-refractivity contribution in [1.82, 2.24) is 5.32 Å². The molecule has 122 valence electrons. The fourth-order valence-electron chi connectivity index (χ4n) is 2.72. The first kappa shape index (κ1) is 17.2. The summed E-state index contributed by atoms with van der Waals surface area (Å²) in [5.41, 5.74) is 2.48. The van der Waals surface area contributed by atoms with Gasteiger partial charge in [0.25, 0.3) is 5.91 Å². The van der Waals surface area contributed by atoms with Gasteiger partial charge in [-0.25, -0.2) is 0 Å². The molecule has 0 aromatic heterocycles. The number of hydrogen-bond acceptors (Lipinski definition) is 2. The lowest BCUT2D eigenvalue weighted by atomic mass is 9.90. The van der Waals surface area contributed by atoms with Crippen LogP contribution in [0.25, 0.3) is 0 Å². The van der Waals surface area contributed by atoms with Crippen LogP contribution in [0.1, 0.15) is 41.8 Å². The van der Waals surface area contributed by atoms with Crippen molar-refractivity contribution in [2.75, 3.05) is 13.7 Å². The second kappa shape index (κ2) is 7.93. The van der Waals surface area contributed by atoms with Crippen molar-refractivity contribution < 1.29 is 9.53 Å². The zero-order valence-corrected chi connectivity index (χ0v) is 14.1. The van der Waals surface area contributed by atoms with Crippen molar-refractivity contribution in [2.24, 2.45) is 0 Å². The first-order valence-corrected chi connectivity index (χ1v) is 8.13. The van der Waals surface area contributed by atoms with Crippen LogP contribution < -0.4 is 5.32 Å². The van der Waals surface area contributed by atoms with Crippen molar-refractivity contribution in [3.8, 4) is 0 Å². The van der Waals surface area contributed by atoms with E-state index in [1.165, 1.54) is 5.56 Å². The van der Waals surface area contributed by atoms with Crippen molar-refractivity contribution in [2.45, 2.75) is 32.3 Å². The van der Waals surface area contributed by atoms with Crippen molar-refractivity contribution in [3.05, 3.63) is 71.3 Å². The lowest BCUT2D eigenvalue weighted by molar-refractivity contribution is -0.0164.